The van der Waals surface area contributed by atoms with Gasteiger partial charge in [0.2, 0.25) is 0 Å². The van der Waals surface area contributed by atoms with E-state index in [-0.39, 0.29) is 11.8 Å². The summed E-state index contributed by atoms with van der Waals surface area (Å²) >= 11 is 7.42. The Hall–Kier alpha value is -2.70. The highest BCUT2D eigenvalue weighted by atomic mass is 35.5. The van der Waals surface area contributed by atoms with Gasteiger partial charge in [-0.1, -0.05) is 17.7 Å². The zero-order valence-electron chi connectivity index (χ0n) is 15.7. The van der Waals surface area contributed by atoms with E-state index in [0.717, 1.165) is 36.8 Å². The highest BCUT2D eigenvalue weighted by Gasteiger charge is 2.26. The molecule has 0 atom stereocenters. The molecule has 2 amide bonds. The molecule has 0 bridgehead atoms. The number of nitrogens with zero attached hydrogens (tertiary/aromatic N) is 1. The molecule has 0 radical (unpaired) electrons. The van der Waals surface area contributed by atoms with E-state index in [2.05, 4.69) is 15.6 Å². The number of aryl methyl sites for hydroxylation is 1. The number of aromatic nitrogens is 1. The average Bonchev–Trinajstić information content (AvgIpc) is 3.11. The second kappa shape index (κ2) is 8.76. The van der Waals surface area contributed by atoms with Gasteiger partial charge in [0.15, 0.2) is 0 Å². The minimum Gasteiger partial charge on any atom is -0.348 e. The summed E-state index contributed by atoms with van der Waals surface area (Å²) < 4.78 is 0. The second-order valence-corrected chi connectivity index (χ2v) is 8.46. The lowest BCUT2D eigenvalue weighted by Crippen LogP contribution is -2.25. The Kier molecular flexibility index (Phi) is 5.92. The van der Waals surface area contributed by atoms with Crippen molar-refractivity contribution in [3.05, 3.63) is 80.9 Å². The van der Waals surface area contributed by atoms with E-state index in [1.165, 1.54) is 16.2 Å². The standard InChI is InChI=1S/C22H20ClN3O2S/c23-16-9-7-15(8-10-16)20(27)26-22-19(17-5-1-2-6-18(17)29-22)21(28)25-13-14-4-3-11-24-12-14/h3-4,7-12H,1-2,5-6,13H2,(H,25,28)(H,26,27). The van der Waals surface area contributed by atoms with E-state index < -0.39 is 0 Å². The van der Waals surface area contributed by atoms with Crippen LogP contribution in [0.1, 0.15) is 49.6 Å². The minimum atomic E-state index is -0.249. The molecule has 5 nitrogen and oxygen atoms in total. The monoisotopic (exact) mass is 425 g/mol. The van der Waals surface area contributed by atoms with E-state index in [9.17, 15) is 9.59 Å². The van der Waals surface area contributed by atoms with Crippen LogP contribution < -0.4 is 10.6 Å². The third-order valence-electron chi connectivity index (χ3n) is 4.91. The lowest BCUT2D eigenvalue weighted by molar-refractivity contribution is 0.0951. The molecule has 1 aromatic carbocycles. The van der Waals surface area contributed by atoms with Crippen LogP contribution in [-0.2, 0) is 19.4 Å². The molecule has 1 aliphatic carbocycles. The maximum absolute atomic E-state index is 13.0. The zero-order valence-corrected chi connectivity index (χ0v) is 17.3. The Balaban J connectivity index is 1.58. The molecule has 3 aromatic rings. The number of pyridine rings is 1. The van der Waals surface area contributed by atoms with Crippen molar-refractivity contribution in [2.45, 2.75) is 32.2 Å². The Morgan fingerprint density at radius 2 is 1.86 bits per heavy atom. The van der Waals surface area contributed by atoms with Crippen molar-refractivity contribution in [2.75, 3.05) is 5.32 Å². The molecule has 0 fully saturated rings. The Bertz CT molecular complexity index is 1030. The van der Waals surface area contributed by atoms with Gasteiger partial charge in [-0.25, -0.2) is 0 Å². The maximum atomic E-state index is 13.0. The number of carbonyl (C=O) groups excluding carboxylic acids is 2. The molecule has 2 aromatic heterocycles. The summed E-state index contributed by atoms with van der Waals surface area (Å²) in [6.07, 6.45) is 7.39. The molecule has 1 aliphatic rings. The molecule has 0 spiro atoms. The van der Waals surface area contributed by atoms with Gasteiger partial charge < -0.3 is 10.6 Å². The van der Waals surface area contributed by atoms with Gasteiger partial charge >= 0.3 is 0 Å². The highest BCUT2D eigenvalue weighted by Crippen LogP contribution is 2.38. The lowest BCUT2D eigenvalue weighted by Gasteiger charge is -2.13. The summed E-state index contributed by atoms with van der Waals surface area (Å²) in [5.74, 6) is -0.416. The van der Waals surface area contributed by atoms with Gasteiger partial charge in [-0.2, -0.15) is 0 Å². The minimum absolute atomic E-state index is 0.167. The van der Waals surface area contributed by atoms with E-state index in [1.807, 2.05) is 12.1 Å². The summed E-state index contributed by atoms with van der Waals surface area (Å²) in [5, 5.41) is 7.10. The van der Waals surface area contributed by atoms with Crippen LogP contribution in [0.5, 0.6) is 0 Å². The molecule has 7 heteroatoms. The van der Waals surface area contributed by atoms with Crippen LogP contribution in [0.4, 0.5) is 5.00 Å². The average molecular weight is 426 g/mol. The first-order valence-electron chi connectivity index (χ1n) is 9.50. The van der Waals surface area contributed by atoms with Gasteiger partial charge in [0.1, 0.15) is 5.00 Å². The lowest BCUT2D eigenvalue weighted by atomic mass is 9.95. The van der Waals surface area contributed by atoms with E-state index in [0.29, 0.717) is 27.7 Å². The van der Waals surface area contributed by atoms with E-state index in [1.54, 1.807) is 36.7 Å². The fourth-order valence-corrected chi connectivity index (χ4v) is 4.85. The Labute approximate surface area is 178 Å². The van der Waals surface area contributed by atoms with Crippen LogP contribution >= 0.6 is 22.9 Å². The number of fused-ring (bicyclic) bond motifs is 1. The van der Waals surface area contributed by atoms with Crippen LogP contribution in [0.15, 0.2) is 48.8 Å². The number of hydrogen-bond acceptors (Lipinski definition) is 4. The van der Waals surface area contributed by atoms with Crippen LogP contribution in [0, 0.1) is 0 Å². The third-order valence-corrected chi connectivity index (χ3v) is 6.37. The molecule has 0 saturated heterocycles. The predicted molar refractivity (Wildman–Crippen MR) is 116 cm³/mol. The molecule has 0 saturated carbocycles. The summed E-state index contributed by atoms with van der Waals surface area (Å²) in [4.78, 5) is 31.0. The Morgan fingerprint density at radius 3 is 2.62 bits per heavy atom. The number of halogens is 1. The van der Waals surface area contributed by atoms with Crippen LogP contribution in [0.3, 0.4) is 0 Å². The summed E-state index contributed by atoms with van der Waals surface area (Å²) in [5.41, 5.74) is 3.09. The summed E-state index contributed by atoms with van der Waals surface area (Å²) in [6.45, 7) is 0.391. The first kappa shape index (κ1) is 19.6. The summed E-state index contributed by atoms with van der Waals surface area (Å²) in [7, 11) is 0. The normalized spacial score (nSPS) is 12.9. The first-order valence-corrected chi connectivity index (χ1v) is 10.7. The molecule has 0 unspecified atom stereocenters. The number of rotatable bonds is 5. The molecule has 148 valence electrons. The third kappa shape index (κ3) is 4.49. The molecular weight excluding hydrogens is 406 g/mol. The molecule has 2 N–H and O–H groups in total. The van der Waals surface area contributed by atoms with Crippen LogP contribution in [0.2, 0.25) is 5.02 Å². The quantitative estimate of drug-likeness (QED) is 0.613. The fraction of sp³-hybridized carbons (Fsp3) is 0.227. The molecule has 2 heterocycles. The molecular formula is C22H20ClN3O2S. The van der Waals surface area contributed by atoms with Crippen molar-refractivity contribution in [3.8, 4) is 0 Å². The number of anilines is 1. The topological polar surface area (TPSA) is 71.1 Å². The van der Waals surface area contributed by atoms with Crippen molar-refractivity contribution in [1.29, 1.82) is 0 Å². The number of amides is 2. The number of thiophene rings is 1. The molecule has 4 rings (SSSR count). The molecule has 0 aliphatic heterocycles. The van der Waals surface area contributed by atoms with Crippen molar-refractivity contribution in [2.24, 2.45) is 0 Å². The number of carbonyl (C=O) groups is 2. The number of benzene rings is 1. The SMILES string of the molecule is O=C(Nc1sc2c(c1C(=O)NCc1cccnc1)CCCC2)c1ccc(Cl)cc1. The van der Waals surface area contributed by atoms with E-state index in [4.69, 9.17) is 11.6 Å². The van der Waals surface area contributed by atoms with Crippen LogP contribution in [-0.4, -0.2) is 16.8 Å². The zero-order chi connectivity index (χ0) is 20.2. The Morgan fingerprint density at radius 1 is 1.07 bits per heavy atom. The van der Waals surface area contributed by atoms with Gasteiger partial charge in [0.25, 0.3) is 11.8 Å². The predicted octanol–water partition coefficient (Wildman–Crippen LogP) is 4.86. The smallest absolute Gasteiger partial charge is 0.256 e. The van der Waals surface area contributed by atoms with Gasteiger partial charge in [-0.15, -0.1) is 11.3 Å². The van der Waals surface area contributed by atoms with Crippen molar-refractivity contribution in [3.63, 3.8) is 0 Å². The van der Waals surface area contributed by atoms with Crippen molar-refractivity contribution in [1.82, 2.24) is 10.3 Å². The van der Waals surface area contributed by atoms with Crippen molar-refractivity contribution < 1.29 is 9.59 Å². The maximum Gasteiger partial charge on any atom is 0.256 e. The molecule has 29 heavy (non-hydrogen) atoms. The van der Waals surface area contributed by atoms with Gasteiger partial charge in [-0.3, -0.25) is 14.6 Å². The first-order chi connectivity index (χ1) is 14.1. The highest BCUT2D eigenvalue weighted by molar-refractivity contribution is 7.17. The fourth-order valence-electron chi connectivity index (χ4n) is 3.44. The van der Waals surface area contributed by atoms with Gasteiger partial charge in [0.05, 0.1) is 5.56 Å². The van der Waals surface area contributed by atoms with Crippen molar-refractivity contribution >= 4 is 39.8 Å². The summed E-state index contributed by atoms with van der Waals surface area (Å²) in [6, 6.07) is 10.5. The number of hydrogen-bond donors (Lipinski definition) is 2. The van der Waals surface area contributed by atoms with Crippen LogP contribution in [0.25, 0.3) is 0 Å². The largest absolute Gasteiger partial charge is 0.348 e. The second-order valence-electron chi connectivity index (χ2n) is 6.92. The van der Waals surface area contributed by atoms with Gasteiger partial charge in [0, 0.05) is 34.4 Å². The number of nitrogens with one attached hydrogen (secondary N) is 2. The van der Waals surface area contributed by atoms with E-state index >= 15 is 0 Å². The van der Waals surface area contributed by atoms with Gasteiger partial charge in [-0.05, 0) is 67.1 Å².